The van der Waals surface area contributed by atoms with Crippen molar-refractivity contribution in [3.05, 3.63) is 246 Å². The average Bonchev–Trinajstić information content (AvgIpc) is 4.44. The van der Waals surface area contributed by atoms with Crippen LogP contribution >= 0.6 is 15.9 Å². The summed E-state index contributed by atoms with van der Waals surface area (Å²) in [7, 11) is -0.300. The normalized spacial score (nSPS) is 14.3. The highest BCUT2D eigenvalue weighted by molar-refractivity contribution is 9.10. The third-order valence-corrected chi connectivity index (χ3v) is 17.1. The maximum absolute atomic E-state index is 6.27. The number of nitrogens with zero attached hydrogens (tertiary/aromatic N) is 6. The van der Waals surface area contributed by atoms with Crippen LogP contribution in [0, 0.1) is 0 Å². The van der Waals surface area contributed by atoms with E-state index in [9.17, 15) is 0 Å². The molecule has 15 aromatic rings. The van der Waals surface area contributed by atoms with Gasteiger partial charge in [0.25, 0.3) is 0 Å². The summed E-state index contributed by atoms with van der Waals surface area (Å²) in [4.78, 5) is 13.5. The Morgan fingerprint density at radius 3 is 1.66 bits per heavy atom. The number of fused-ring (bicyclic) bond motifs is 16. The number of H-pyrrole nitrogens is 1. The zero-order valence-corrected chi connectivity index (χ0v) is 46.2. The van der Waals surface area contributed by atoms with Crippen molar-refractivity contribution in [3.63, 3.8) is 0 Å². The number of halogens is 1. The molecule has 11 heteroatoms. The van der Waals surface area contributed by atoms with Crippen molar-refractivity contribution in [1.82, 2.24) is 32.9 Å². The summed E-state index contributed by atoms with van der Waals surface area (Å²) >= 11 is 3.59. The van der Waals surface area contributed by atoms with E-state index in [4.69, 9.17) is 19.3 Å². The number of hydrogen-bond acceptors (Lipinski definition) is 4. The lowest BCUT2D eigenvalue weighted by Crippen LogP contribution is -2.41. The van der Waals surface area contributed by atoms with Crippen LogP contribution < -0.4 is 5.46 Å². The lowest BCUT2D eigenvalue weighted by molar-refractivity contribution is 0.00578. The molecule has 2 aliphatic rings. The fraction of sp³-hybridized carbons (Fsp3) is 0.101. The Morgan fingerprint density at radius 2 is 0.988 bits per heavy atom. The van der Waals surface area contributed by atoms with E-state index in [1.54, 1.807) is 0 Å². The van der Waals surface area contributed by atoms with Crippen LogP contribution in [0.25, 0.3) is 111 Å². The topological polar surface area (TPSA) is 78.7 Å². The third-order valence-electron chi connectivity index (χ3n) is 16.6. The molecule has 0 saturated carbocycles. The van der Waals surface area contributed by atoms with E-state index in [0.717, 1.165) is 94.5 Å². The Morgan fingerprint density at radius 1 is 0.463 bits per heavy atom. The summed E-state index contributed by atoms with van der Waals surface area (Å²) in [6.07, 6.45) is 0.999. The van der Waals surface area contributed by atoms with Gasteiger partial charge in [0.2, 0.25) is 11.6 Å². The Labute approximate surface area is 470 Å². The summed E-state index contributed by atoms with van der Waals surface area (Å²) in [6.45, 7) is 8.41. The average molecular weight is 1100 g/mol. The van der Waals surface area contributed by atoms with Gasteiger partial charge in [0.15, 0.2) is 0 Å². The quantitative estimate of drug-likeness (QED) is 0.178. The molecule has 0 atom stereocenters. The van der Waals surface area contributed by atoms with Crippen molar-refractivity contribution >= 4 is 106 Å². The van der Waals surface area contributed by atoms with Gasteiger partial charge in [-0.15, -0.1) is 0 Å². The molecule has 6 heterocycles. The van der Waals surface area contributed by atoms with Crippen LogP contribution in [0.2, 0.25) is 0 Å². The molecule has 1 N–H and O–H groups in total. The van der Waals surface area contributed by atoms with Crippen molar-refractivity contribution in [2.75, 3.05) is 0 Å². The molecule has 1 aliphatic carbocycles. The minimum absolute atomic E-state index is 0.300. The molecule has 5 aromatic heterocycles. The van der Waals surface area contributed by atoms with Crippen molar-refractivity contribution in [2.45, 2.75) is 45.3 Å². The van der Waals surface area contributed by atoms with Gasteiger partial charge in [-0.1, -0.05) is 155 Å². The first kappa shape index (κ1) is 48.2. The standard InChI is InChI=1S/C31H20N4.C19H21BO2.C19H12BrN3/c1-2-9-21(10-3-1)34-28-18-17-20(19-29(28)35-27-16-7-6-14-25(27)33-31(34)35)22-12-8-15-26-30(22)23-11-4-5-13-24(23)32-26;1-18(2)19(3,4)22-20(21-18)16-11-7-9-14-12-13-8-5-6-10-15(13)17(14)16;20-13-10-11-17-18(12-13)23-16-9-5-4-8-15(16)21-19(23)22(17)14-6-2-1-3-7-14/h1-19,32H;5-11H,12H2,1-4H3;1-12H. The molecule has 0 amide bonds. The number of rotatable bonds is 4. The number of imidazole rings is 4. The summed E-state index contributed by atoms with van der Waals surface area (Å²) in [5, 5.41) is 2.51. The van der Waals surface area contributed by atoms with Crippen LogP contribution in [0.15, 0.2) is 235 Å². The van der Waals surface area contributed by atoms with Gasteiger partial charge in [-0.05, 0) is 164 Å². The summed E-state index contributed by atoms with van der Waals surface area (Å²) in [5.74, 6) is 1.86. The van der Waals surface area contributed by atoms with Gasteiger partial charge in [-0.3, -0.25) is 17.9 Å². The highest BCUT2D eigenvalue weighted by atomic mass is 79.9. The molecule has 17 rings (SSSR count). The molecule has 1 aliphatic heterocycles. The first-order valence-corrected chi connectivity index (χ1v) is 28.0. The van der Waals surface area contributed by atoms with E-state index in [1.807, 2.05) is 18.2 Å². The molecule has 1 saturated heterocycles. The van der Waals surface area contributed by atoms with E-state index in [2.05, 4.69) is 279 Å². The third kappa shape index (κ3) is 7.67. The summed E-state index contributed by atoms with van der Waals surface area (Å²) < 4.78 is 22.6. The molecular weight excluding hydrogens is 1050 g/mol. The van der Waals surface area contributed by atoms with Crippen LogP contribution in [0.3, 0.4) is 0 Å². The van der Waals surface area contributed by atoms with Crippen LogP contribution in [0.5, 0.6) is 0 Å². The SMILES string of the molecule is Brc1ccc2c(c1)n1c3ccccc3nc1n2-c1ccccc1.CC1(C)OB(c2cccc3c2-c2ccccc2C3)OC1(C)C.c1ccc(-n2c3ccc(-c4cccc5[nH]c6ccccc6c45)cc3n3c4ccccc4nc23)cc1. The maximum atomic E-state index is 6.27. The van der Waals surface area contributed by atoms with Crippen molar-refractivity contribution in [1.29, 1.82) is 0 Å². The van der Waals surface area contributed by atoms with Gasteiger partial charge >= 0.3 is 7.12 Å². The van der Waals surface area contributed by atoms with Gasteiger partial charge in [0.05, 0.1) is 55.3 Å². The minimum atomic E-state index is -0.307. The lowest BCUT2D eigenvalue weighted by Gasteiger charge is -2.32. The molecule has 0 unspecified atom stereocenters. The predicted molar refractivity (Wildman–Crippen MR) is 332 cm³/mol. The molecule has 0 bridgehead atoms. The fourth-order valence-electron chi connectivity index (χ4n) is 12.1. The smallest absolute Gasteiger partial charge is 0.399 e. The van der Waals surface area contributed by atoms with E-state index in [0.29, 0.717) is 0 Å². The van der Waals surface area contributed by atoms with Gasteiger partial charge in [0.1, 0.15) is 0 Å². The number of benzene rings is 10. The summed E-state index contributed by atoms with van der Waals surface area (Å²) in [6, 6.07) is 80.7. The minimum Gasteiger partial charge on any atom is -0.399 e. The molecule has 9 nitrogen and oxygen atoms in total. The molecule has 1 fully saturated rings. The number of aromatic amines is 1. The number of hydrogen-bond donors (Lipinski definition) is 1. The van der Waals surface area contributed by atoms with E-state index < -0.39 is 0 Å². The second kappa shape index (κ2) is 18.6. The summed E-state index contributed by atoms with van der Waals surface area (Å²) in [5.41, 5.74) is 21.7. The van der Waals surface area contributed by atoms with Crippen LogP contribution in [0.1, 0.15) is 38.8 Å². The Kier molecular flexibility index (Phi) is 11.2. The maximum Gasteiger partial charge on any atom is 0.495 e. The highest BCUT2D eigenvalue weighted by Crippen LogP contribution is 2.42. The Hall–Kier alpha value is -9.00. The highest BCUT2D eigenvalue weighted by Gasteiger charge is 2.52. The largest absolute Gasteiger partial charge is 0.495 e. The number of nitrogens with one attached hydrogen (secondary N) is 1. The van der Waals surface area contributed by atoms with Crippen LogP contribution in [0.4, 0.5) is 0 Å². The van der Waals surface area contributed by atoms with Crippen molar-refractivity contribution in [2.24, 2.45) is 0 Å². The first-order valence-electron chi connectivity index (χ1n) is 27.2. The molecule has 0 radical (unpaired) electrons. The fourth-order valence-corrected chi connectivity index (χ4v) is 12.5. The predicted octanol–water partition coefficient (Wildman–Crippen LogP) is 16.5. The molecule has 0 spiro atoms. The van der Waals surface area contributed by atoms with E-state index in [-0.39, 0.29) is 18.3 Å². The molecule has 80 heavy (non-hydrogen) atoms. The second-order valence-corrected chi connectivity index (χ2v) is 22.8. The first-order chi connectivity index (χ1) is 39.1. The van der Waals surface area contributed by atoms with Gasteiger partial charge in [-0.2, -0.15) is 0 Å². The van der Waals surface area contributed by atoms with Crippen LogP contribution in [-0.4, -0.2) is 51.2 Å². The monoisotopic (exact) mass is 1100 g/mol. The van der Waals surface area contributed by atoms with E-state index >= 15 is 0 Å². The number of para-hydroxylation sites is 7. The molecule has 10 aromatic carbocycles. The Bertz CT molecular complexity index is 4900. The van der Waals surface area contributed by atoms with E-state index in [1.165, 1.54) is 44.2 Å². The molecular formula is C69H53BBrN7O2. The van der Waals surface area contributed by atoms with Gasteiger partial charge < -0.3 is 14.3 Å². The van der Waals surface area contributed by atoms with Crippen molar-refractivity contribution < 1.29 is 9.31 Å². The zero-order valence-electron chi connectivity index (χ0n) is 44.6. The zero-order chi connectivity index (χ0) is 53.9. The molecule has 386 valence electrons. The van der Waals surface area contributed by atoms with Crippen LogP contribution in [-0.2, 0) is 15.7 Å². The van der Waals surface area contributed by atoms with Gasteiger partial charge in [-0.25, -0.2) is 9.97 Å². The lowest BCUT2D eigenvalue weighted by atomic mass is 9.74. The second-order valence-electron chi connectivity index (χ2n) is 21.9. The van der Waals surface area contributed by atoms with Gasteiger partial charge in [0, 0.05) is 37.7 Å². The van der Waals surface area contributed by atoms with Crippen molar-refractivity contribution in [3.8, 4) is 33.6 Å². The Balaban J connectivity index is 0.000000108. The number of aromatic nitrogens is 7.